The molecule has 1 unspecified atom stereocenters. The van der Waals surface area contributed by atoms with Crippen LogP contribution in [0.15, 0.2) is 12.1 Å². The molecule has 1 fully saturated rings. The first-order valence-electron chi connectivity index (χ1n) is 5.63. The number of anilines is 2. The molecule has 0 aromatic carbocycles. The molecule has 4 N–H and O–H groups in total. The number of aliphatic hydroxyl groups is 1. The van der Waals surface area contributed by atoms with Crippen molar-refractivity contribution in [2.24, 2.45) is 5.92 Å². The Labute approximate surface area is 102 Å². The standard InChI is InChI=1S/C11H14F3N3O/c12-11(13,14)7-3-9(15)17-10(4-7)16-5-8(18)6-1-2-6/h3-4,6,8,18H,1-2,5H2,(H3,15,16,17). The number of nitrogens with zero attached hydrogens (tertiary/aromatic N) is 1. The van der Waals surface area contributed by atoms with Crippen molar-refractivity contribution in [3.63, 3.8) is 0 Å². The van der Waals surface area contributed by atoms with E-state index in [0.29, 0.717) is 0 Å². The number of aromatic nitrogens is 1. The second-order valence-electron chi connectivity index (χ2n) is 4.45. The van der Waals surface area contributed by atoms with Gasteiger partial charge in [0.15, 0.2) is 0 Å². The Balaban J connectivity index is 2.05. The molecule has 0 radical (unpaired) electrons. The molecule has 1 aromatic rings. The van der Waals surface area contributed by atoms with Gasteiger partial charge in [-0.25, -0.2) is 4.98 Å². The third kappa shape index (κ3) is 3.25. The van der Waals surface area contributed by atoms with Crippen molar-refractivity contribution in [3.05, 3.63) is 17.7 Å². The molecule has 0 saturated heterocycles. The van der Waals surface area contributed by atoms with E-state index in [4.69, 9.17) is 5.73 Å². The summed E-state index contributed by atoms with van der Waals surface area (Å²) >= 11 is 0. The first-order chi connectivity index (χ1) is 8.36. The quantitative estimate of drug-likeness (QED) is 0.773. The number of alkyl halides is 3. The summed E-state index contributed by atoms with van der Waals surface area (Å²) in [4.78, 5) is 3.75. The van der Waals surface area contributed by atoms with E-state index in [0.717, 1.165) is 25.0 Å². The fraction of sp³-hybridized carbons (Fsp3) is 0.545. The van der Waals surface area contributed by atoms with Crippen molar-refractivity contribution in [1.82, 2.24) is 4.98 Å². The van der Waals surface area contributed by atoms with Gasteiger partial charge in [0.25, 0.3) is 0 Å². The summed E-state index contributed by atoms with van der Waals surface area (Å²) in [6.07, 6.45) is -3.09. The largest absolute Gasteiger partial charge is 0.416 e. The van der Waals surface area contributed by atoms with Crippen LogP contribution in [-0.4, -0.2) is 22.7 Å². The van der Waals surface area contributed by atoms with E-state index < -0.39 is 17.8 Å². The minimum Gasteiger partial charge on any atom is -0.391 e. The molecule has 0 spiro atoms. The molecule has 1 aliphatic rings. The summed E-state index contributed by atoms with van der Waals surface area (Å²) in [6, 6.07) is 1.67. The Morgan fingerprint density at radius 1 is 1.44 bits per heavy atom. The molecular weight excluding hydrogens is 247 g/mol. The van der Waals surface area contributed by atoms with Crippen LogP contribution in [0, 0.1) is 5.92 Å². The van der Waals surface area contributed by atoms with Gasteiger partial charge in [-0.05, 0) is 30.9 Å². The molecule has 1 saturated carbocycles. The summed E-state index contributed by atoms with van der Waals surface area (Å²) in [6.45, 7) is 0.179. The number of nitrogens with two attached hydrogens (primary N) is 1. The second-order valence-corrected chi connectivity index (χ2v) is 4.45. The van der Waals surface area contributed by atoms with Gasteiger partial charge in [0.2, 0.25) is 0 Å². The van der Waals surface area contributed by atoms with Crippen LogP contribution in [0.3, 0.4) is 0 Å². The fourth-order valence-electron chi connectivity index (χ4n) is 1.66. The first-order valence-corrected chi connectivity index (χ1v) is 5.63. The van der Waals surface area contributed by atoms with E-state index in [1.165, 1.54) is 0 Å². The summed E-state index contributed by atoms with van der Waals surface area (Å²) < 4.78 is 37.6. The van der Waals surface area contributed by atoms with Crippen molar-refractivity contribution in [1.29, 1.82) is 0 Å². The van der Waals surface area contributed by atoms with Gasteiger partial charge in [0, 0.05) is 6.54 Å². The van der Waals surface area contributed by atoms with Gasteiger partial charge in [0.05, 0.1) is 11.7 Å². The highest BCUT2D eigenvalue weighted by molar-refractivity contribution is 5.47. The predicted molar refractivity (Wildman–Crippen MR) is 60.9 cm³/mol. The van der Waals surface area contributed by atoms with Crippen molar-refractivity contribution < 1.29 is 18.3 Å². The molecule has 0 bridgehead atoms. The van der Waals surface area contributed by atoms with Gasteiger partial charge in [-0.1, -0.05) is 0 Å². The Morgan fingerprint density at radius 3 is 2.67 bits per heavy atom. The zero-order valence-corrected chi connectivity index (χ0v) is 9.54. The monoisotopic (exact) mass is 261 g/mol. The van der Waals surface area contributed by atoms with Crippen LogP contribution in [0.2, 0.25) is 0 Å². The maximum Gasteiger partial charge on any atom is 0.416 e. The average Bonchev–Trinajstić information content (AvgIpc) is 3.07. The topological polar surface area (TPSA) is 71.2 Å². The smallest absolute Gasteiger partial charge is 0.391 e. The van der Waals surface area contributed by atoms with E-state index in [9.17, 15) is 18.3 Å². The van der Waals surface area contributed by atoms with Crippen LogP contribution < -0.4 is 11.1 Å². The van der Waals surface area contributed by atoms with Crippen molar-refractivity contribution in [2.45, 2.75) is 25.1 Å². The van der Waals surface area contributed by atoms with E-state index in [-0.39, 0.29) is 24.1 Å². The van der Waals surface area contributed by atoms with Gasteiger partial charge >= 0.3 is 6.18 Å². The zero-order valence-electron chi connectivity index (χ0n) is 9.54. The molecule has 18 heavy (non-hydrogen) atoms. The Morgan fingerprint density at radius 2 is 2.11 bits per heavy atom. The lowest BCUT2D eigenvalue weighted by Crippen LogP contribution is -2.22. The van der Waals surface area contributed by atoms with Crippen LogP contribution in [0.5, 0.6) is 0 Å². The minimum absolute atomic E-state index is 0.0297. The molecule has 7 heteroatoms. The molecular formula is C11H14F3N3O. The van der Waals surface area contributed by atoms with Crippen LogP contribution in [-0.2, 0) is 6.18 Å². The highest BCUT2D eigenvalue weighted by Crippen LogP contribution is 2.33. The van der Waals surface area contributed by atoms with Gasteiger partial charge in [0.1, 0.15) is 11.6 Å². The van der Waals surface area contributed by atoms with Crippen molar-refractivity contribution in [3.8, 4) is 0 Å². The third-order valence-electron chi connectivity index (χ3n) is 2.83. The van der Waals surface area contributed by atoms with Crippen molar-refractivity contribution in [2.75, 3.05) is 17.6 Å². The number of aliphatic hydroxyl groups excluding tert-OH is 1. The SMILES string of the molecule is Nc1cc(C(F)(F)F)cc(NCC(O)C2CC2)n1. The predicted octanol–water partition coefficient (Wildman–Crippen LogP) is 1.87. The normalized spacial score (nSPS) is 17.6. The molecule has 1 heterocycles. The highest BCUT2D eigenvalue weighted by atomic mass is 19.4. The van der Waals surface area contributed by atoms with Crippen molar-refractivity contribution >= 4 is 11.6 Å². The van der Waals surface area contributed by atoms with E-state index in [1.54, 1.807) is 0 Å². The summed E-state index contributed by atoms with van der Waals surface area (Å²) in [7, 11) is 0. The van der Waals surface area contributed by atoms with Gasteiger partial charge in [-0.2, -0.15) is 13.2 Å². The number of hydrogen-bond acceptors (Lipinski definition) is 4. The van der Waals surface area contributed by atoms with Crippen LogP contribution in [0.25, 0.3) is 0 Å². The average molecular weight is 261 g/mol. The molecule has 100 valence electrons. The van der Waals surface area contributed by atoms with Gasteiger partial charge in [-0.3, -0.25) is 0 Å². The number of halogens is 3. The number of pyridine rings is 1. The number of rotatable bonds is 4. The fourth-order valence-corrected chi connectivity index (χ4v) is 1.66. The zero-order chi connectivity index (χ0) is 13.3. The molecule has 1 aromatic heterocycles. The van der Waals surface area contributed by atoms with Gasteiger partial charge in [-0.15, -0.1) is 0 Å². The molecule has 1 atom stereocenters. The van der Waals surface area contributed by atoms with Crippen LogP contribution in [0.1, 0.15) is 18.4 Å². The second kappa shape index (κ2) is 4.64. The lowest BCUT2D eigenvalue weighted by Gasteiger charge is -2.13. The molecule has 2 rings (SSSR count). The van der Waals surface area contributed by atoms with Crippen LogP contribution in [0.4, 0.5) is 24.8 Å². The third-order valence-corrected chi connectivity index (χ3v) is 2.83. The number of hydrogen-bond donors (Lipinski definition) is 3. The lowest BCUT2D eigenvalue weighted by molar-refractivity contribution is -0.137. The Bertz CT molecular complexity index is 432. The van der Waals surface area contributed by atoms with Gasteiger partial charge < -0.3 is 16.2 Å². The number of nitrogen functional groups attached to an aromatic ring is 1. The summed E-state index contributed by atoms with van der Waals surface area (Å²) in [5.74, 6) is 0.0795. The molecule has 0 aliphatic heterocycles. The van der Waals surface area contributed by atoms with E-state index in [2.05, 4.69) is 10.3 Å². The Kier molecular flexibility index (Phi) is 3.34. The van der Waals surface area contributed by atoms with E-state index >= 15 is 0 Å². The Hall–Kier alpha value is -1.50. The molecule has 0 amide bonds. The summed E-state index contributed by atoms with van der Waals surface area (Å²) in [5.41, 5.74) is 4.47. The maximum atomic E-state index is 12.5. The highest BCUT2D eigenvalue weighted by Gasteiger charge is 2.32. The molecule has 1 aliphatic carbocycles. The number of nitrogens with one attached hydrogen (secondary N) is 1. The molecule has 4 nitrogen and oxygen atoms in total. The summed E-state index contributed by atoms with van der Waals surface area (Å²) in [5, 5.41) is 12.3. The first kappa shape index (κ1) is 12.9. The maximum absolute atomic E-state index is 12.5. The minimum atomic E-state index is -4.46. The van der Waals surface area contributed by atoms with E-state index in [1.807, 2.05) is 0 Å². The lowest BCUT2D eigenvalue weighted by atomic mass is 10.2. The van der Waals surface area contributed by atoms with Crippen LogP contribution >= 0.6 is 0 Å².